The first-order chi connectivity index (χ1) is 18.5. The summed E-state index contributed by atoms with van der Waals surface area (Å²) in [5, 5.41) is 22.9. The molecule has 0 unspecified atom stereocenters. The highest BCUT2D eigenvalue weighted by molar-refractivity contribution is 5.88. The van der Waals surface area contributed by atoms with Crippen LogP contribution >= 0.6 is 0 Å². The van der Waals surface area contributed by atoms with Gasteiger partial charge < -0.3 is 30.4 Å². The molecular weight excluding hydrogens is 488 g/mol. The van der Waals surface area contributed by atoms with Gasteiger partial charge in [-0.1, -0.05) is 26.8 Å². The van der Waals surface area contributed by atoms with Gasteiger partial charge in [-0.3, -0.25) is 0 Å². The van der Waals surface area contributed by atoms with Crippen LogP contribution in [0.3, 0.4) is 0 Å². The van der Waals surface area contributed by atoms with Crippen molar-refractivity contribution in [3.63, 3.8) is 0 Å². The van der Waals surface area contributed by atoms with Crippen molar-refractivity contribution >= 4 is 27.8 Å². The minimum Gasteiger partial charge on any atom is -0.398 e. The molecule has 8 heteroatoms. The van der Waals surface area contributed by atoms with Crippen LogP contribution in [0.2, 0.25) is 0 Å². The van der Waals surface area contributed by atoms with Crippen LogP contribution in [0.4, 0.5) is 5.69 Å². The van der Waals surface area contributed by atoms with Gasteiger partial charge in [-0.2, -0.15) is 0 Å². The molecule has 1 aliphatic rings. The molecule has 1 fully saturated rings. The van der Waals surface area contributed by atoms with Gasteiger partial charge in [0.2, 0.25) is 0 Å². The van der Waals surface area contributed by atoms with Crippen LogP contribution in [-0.4, -0.2) is 66.0 Å². The Balaban J connectivity index is 1.18. The molecule has 0 bridgehead atoms. The maximum Gasteiger partial charge on any atom is 0.142 e. The number of anilines is 1. The summed E-state index contributed by atoms with van der Waals surface area (Å²) in [5.74, 6) is 1.02. The molecule has 8 nitrogen and oxygen atoms in total. The van der Waals surface area contributed by atoms with E-state index in [4.69, 9.17) is 10.7 Å². The van der Waals surface area contributed by atoms with Crippen LogP contribution in [0.5, 0.6) is 0 Å². The fourth-order valence-electron chi connectivity index (χ4n) is 6.01. The van der Waals surface area contributed by atoms with Crippen LogP contribution in [0, 0.1) is 5.92 Å². The third kappa shape index (κ3) is 5.69. The molecule has 1 aliphatic carbocycles. The van der Waals surface area contributed by atoms with Crippen LogP contribution in [-0.2, 0) is 11.8 Å². The van der Waals surface area contributed by atoms with Crippen LogP contribution in [0.1, 0.15) is 71.3 Å². The molecule has 0 amide bonds. The topological polar surface area (TPSA) is 116 Å². The standard InChI is InChI=1S/C31H44N6O2/c1-19(2)36(14-7-6-8-27-34-24-10-9-21(31(3,4)5)17-25(24)35-27)18-20-16-26(29(39)28(20)38)37-15-12-22-23(32)11-13-33-30(22)37/h9-13,15,17,19-20,26,28-29,38-39H,6-8,14,16,18H2,1-5H3,(H2,32,33)(H,34,35)/t20-,26-,28-,29+/m1/s1. The summed E-state index contributed by atoms with van der Waals surface area (Å²) in [4.78, 5) is 15.3. The molecule has 1 aromatic carbocycles. The van der Waals surface area contributed by atoms with Gasteiger partial charge >= 0.3 is 0 Å². The van der Waals surface area contributed by atoms with Crippen molar-refractivity contribution in [3.05, 3.63) is 54.1 Å². The van der Waals surface area contributed by atoms with Gasteiger partial charge in [0, 0.05) is 48.4 Å². The number of aryl methyl sites for hydroxylation is 1. The number of hydrogen-bond donors (Lipinski definition) is 4. The molecule has 3 heterocycles. The maximum atomic E-state index is 11.0. The second-order valence-corrected chi connectivity index (χ2v) is 12.6. The summed E-state index contributed by atoms with van der Waals surface area (Å²) in [5.41, 5.74) is 11.1. The quantitative estimate of drug-likeness (QED) is 0.230. The third-order valence-electron chi connectivity index (χ3n) is 8.48. The molecule has 1 saturated carbocycles. The second-order valence-electron chi connectivity index (χ2n) is 12.6. The average Bonchev–Trinajstić information content (AvgIpc) is 3.57. The van der Waals surface area contributed by atoms with Gasteiger partial charge in [0.15, 0.2) is 0 Å². The number of nitrogens with two attached hydrogens (primary N) is 1. The van der Waals surface area contributed by atoms with Crippen LogP contribution < -0.4 is 5.73 Å². The van der Waals surface area contributed by atoms with E-state index in [1.807, 2.05) is 16.8 Å². The summed E-state index contributed by atoms with van der Waals surface area (Å²) in [6.07, 6.45) is 5.70. The van der Waals surface area contributed by atoms with Gasteiger partial charge in [0.1, 0.15) is 17.6 Å². The summed E-state index contributed by atoms with van der Waals surface area (Å²) in [6.45, 7) is 12.8. The molecule has 3 aromatic heterocycles. The lowest BCUT2D eigenvalue weighted by Crippen LogP contribution is -2.40. The average molecular weight is 533 g/mol. The fourth-order valence-corrected chi connectivity index (χ4v) is 6.01. The molecule has 210 valence electrons. The number of nitrogens with one attached hydrogen (secondary N) is 1. The van der Waals surface area contributed by atoms with Crippen LogP contribution in [0.25, 0.3) is 22.1 Å². The molecule has 0 spiro atoms. The fraction of sp³-hybridized carbons (Fsp3) is 0.548. The number of rotatable bonds is 9. The van der Waals surface area contributed by atoms with Crippen molar-refractivity contribution in [2.45, 2.75) is 90.0 Å². The van der Waals surface area contributed by atoms with Gasteiger partial charge in [0.05, 0.1) is 23.2 Å². The van der Waals surface area contributed by atoms with Crippen molar-refractivity contribution in [1.82, 2.24) is 24.4 Å². The van der Waals surface area contributed by atoms with Gasteiger partial charge in [-0.25, -0.2) is 9.97 Å². The van der Waals surface area contributed by atoms with Gasteiger partial charge in [-0.05, 0) is 74.9 Å². The van der Waals surface area contributed by atoms with Gasteiger partial charge in [-0.15, -0.1) is 0 Å². The molecule has 0 aliphatic heterocycles. The Labute approximate surface area is 231 Å². The molecule has 5 N–H and O–H groups in total. The number of aliphatic hydroxyl groups excluding tert-OH is 2. The number of nitrogens with zero attached hydrogens (tertiary/aromatic N) is 4. The maximum absolute atomic E-state index is 11.0. The SMILES string of the molecule is CC(C)N(CCCCc1nc2cc(C(C)(C)C)ccc2[nH]1)C[C@H]1C[C@@H](n2ccc3c(N)ccnc32)[C@H](O)[C@@H]1O. The molecule has 5 rings (SSSR count). The molecule has 0 radical (unpaired) electrons. The summed E-state index contributed by atoms with van der Waals surface area (Å²) < 4.78 is 1.98. The zero-order valence-electron chi connectivity index (χ0n) is 23.9. The van der Waals surface area contributed by atoms with E-state index in [-0.39, 0.29) is 17.4 Å². The highest BCUT2D eigenvalue weighted by Crippen LogP contribution is 2.38. The highest BCUT2D eigenvalue weighted by atomic mass is 16.3. The second kappa shape index (κ2) is 10.9. The minimum absolute atomic E-state index is 0.0155. The monoisotopic (exact) mass is 532 g/mol. The Morgan fingerprint density at radius 2 is 1.92 bits per heavy atom. The number of hydrogen-bond acceptors (Lipinski definition) is 6. The lowest BCUT2D eigenvalue weighted by atomic mass is 9.87. The normalized spacial score (nSPS) is 22.2. The molecular formula is C31H44N6O2. The number of aromatic amines is 1. The van der Waals surface area contributed by atoms with E-state index in [1.165, 1.54) is 5.56 Å². The Bertz CT molecular complexity index is 1420. The van der Waals surface area contributed by atoms with Crippen LogP contribution in [0.15, 0.2) is 42.7 Å². The Kier molecular flexibility index (Phi) is 7.73. The summed E-state index contributed by atoms with van der Waals surface area (Å²) >= 11 is 0. The number of unbranched alkanes of at least 4 members (excludes halogenated alkanes) is 1. The smallest absolute Gasteiger partial charge is 0.142 e. The van der Waals surface area contributed by atoms with Crippen molar-refractivity contribution in [2.24, 2.45) is 5.92 Å². The first kappa shape index (κ1) is 27.6. The molecule has 39 heavy (non-hydrogen) atoms. The molecule has 4 aromatic rings. The first-order valence-electron chi connectivity index (χ1n) is 14.3. The minimum atomic E-state index is -0.838. The van der Waals surface area contributed by atoms with E-state index in [1.54, 1.807) is 12.3 Å². The third-order valence-corrected chi connectivity index (χ3v) is 8.48. The predicted octanol–water partition coefficient (Wildman–Crippen LogP) is 4.81. The van der Waals surface area contributed by atoms with Crippen molar-refractivity contribution in [3.8, 4) is 0 Å². The number of aliphatic hydroxyl groups is 2. The molecule has 0 saturated heterocycles. The number of imidazole rings is 1. The van der Waals surface area contributed by atoms with Crippen molar-refractivity contribution in [2.75, 3.05) is 18.8 Å². The number of nitrogen functional groups attached to an aromatic ring is 1. The zero-order valence-corrected chi connectivity index (χ0v) is 23.9. The lowest BCUT2D eigenvalue weighted by molar-refractivity contribution is -0.00171. The van der Waals surface area contributed by atoms with E-state index < -0.39 is 12.2 Å². The van der Waals surface area contributed by atoms with E-state index in [2.05, 4.69) is 67.7 Å². The summed E-state index contributed by atoms with van der Waals surface area (Å²) in [7, 11) is 0. The van der Waals surface area contributed by atoms with E-state index in [0.717, 1.165) is 60.2 Å². The van der Waals surface area contributed by atoms with E-state index in [9.17, 15) is 10.2 Å². The molecule has 4 atom stereocenters. The largest absolute Gasteiger partial charge is 0.398 e. The summed E-state index contributed by atoms with van der Waals surface area (Å²) in [6, 6.07) is 10.4. The highest BCUT2D eigenvalue weighted by Gasteiger charge is 2.43. The number of benzene rings is 1. The Morgan fingerprint density at radius 1 is 1.13 bits per heavy atom. The lowest BCUT2D eigenvalue weighted by Gasteiger charge is -2.30. The Hall–Kier alpha value is -2.94. The number of aromatic nitrogens is 4. The first-order valence-corrected chi connectivity index (χ1v) is 14.3. The van der Waals surface area contributed by atoms with E-state index in [0.29, 0.717) is 18.2 Å². The number of H-pyrrole nitrogens is 1. The number of pyridine rings is 1. The predicted molar refractivity (Wildman–Crippen MR) is 158 cm³/mol. The Morgan fingerprint density at radius 3 is 2.67 bits per heavy atom. The zero-order chi connectivity index (χ0) is 27.9. The van der Waals surface area contributed by atoms with Gasteiger partial charge in [0.25, 0.3) is 0 Å². The van der Waals surface area contributed by atoms with Crippen molar-refractivity contribution < 1.29 is 10.2 Å². The van der Waals surface area contributed by atoms with E-state index >= 15 is 0 Å². The van der Waals surface area contributed by atoms with Crippen molar-refractivity contribution in [1.29, 1.82) is 0 Å². The number of fused-ring (bicyclic) bond motifs is 2.